The Morgan fingerprint density at radius 2 is 2.50 bits per heavy atom. The third-order valence-corrected chi connectivity index (χ3v) is 3.48. The summed E-state index contributed by atoms with van der Waals surface area (Å²) in [6.07, 6.45) is 6.15. The van der Waals surface area contributed by atoms with Crippen molar-refractivity contribution >= 4 is 5.91 Å². The molecule has 1 amide bonds. The summed E-state index contributed by atoms with van der Waals surface area (Å²) < 4.78 is 7.35. The van der Waals surface area contributed by atoms with Gasteiger partial charge in [0.15, 0.2) is 0 Å². The Morgan fingerprint density at radius 3 is 3.15 bits per heavy atom. The summed E-state index contributed by atoms with van der Waals surface area (Å²) >= 11 is 0. The number of aryl methyl sites for hydroxylation is 1. The van der Waals surface area contributed by atoms with Gasteiger partial charge in [0.2, 0.25) is 5.91 Å². The van der Waals surface area contributed by atoms with Gasteiger partial charge < -0.3 is 15.4 Å². The molecule has 0 saturated carbocycles. The molecule has 20 heavy (non-hydrogen) atoms. The van der Waals surface area contributed by atoms with E-state index < -0.39 is 0 Å². The number of carbonyl (C=O) groups is 1. The lowest BCUT2D eigenvalue weighted by atomic mass is 10.2. The molecule has 6 nitrogen and oxygen atoms in total. The lowest BCUT2D eigenvalue weighted by Gasteiger charge is -2.16. The number of aromatic nitrogens is 2. The Hall–Kier alpha value is -1.40. The summed E-state index contributed by atoms with van der Waals surface area (Å²) in [5.41, 5.74) is 1.15. The first-order valence-electron chi connectivity index (χ1n) is 7.27. The summed E-state index contributed by atoms with van der Waals surface area (Å²) in [5.74, 6) is 0.0251. The third-order valence-electron chi connectivity index (χ3n) is 3.48. The van der Waals surface area contributed by atoms with Gasteiger partial charge in [-0.15, -0.1) is 0 Å². The molecule has 0 radical (unpaired) electrons. The molecule has 0 unspecified atom stereocenters. The number of hydrogen-bond acceptors (Lipinski definition) is 4. The lowest BCUT2D eigenvalue weighted by molar-refractivity contribution is -0.123. The quantitative estimate of drug-likeness (QED) is 0.761. The van der Waals surface area contributed by atoms with Crippen molar-refractivity contribution in [1.82, 2.24) is 20.4 Å². The number of rotatable bonds is 7. The molecule has 1 aliphatic heterocycles. The van der Waals surface area contributed by atoms with Gasteiger partial charge in [0.05, 0.1) is 24.9 Å². The van der Waals surface area contributed by atoms with Gasteiger partial charge in [-0.05, 0) is 32.3 Å². The molecular weight excluding hydrogens is 256 g/mol. The van der Waals surface area contributed by atoms with Crippen LogP contribution in [0, 0.1) is 6.92 Å². The van der Waals surface area contributed by atoms with Crippen LogP contribution in [-0.2, 0) is 16.1 Å². The van der Waals surface area contributed by atoms with Crippen LogP contribution in [0.25, 0.3) is 0 Å². The van der Waals surface area contributed by atoms with Gasteiger partial charge in [-0.25, -0.2) is 0 Å². The first-order chi connectivity index (χ1) is 9.65. The van der Waals surface area contributed by atoms with E-state index in [1.54, 1.807) is 0 Å². The summed E-state index contributed by atoms with van der Waals surface area (Å²) in [7, 11) is 0. The Kier molecular flexibility index (Phi) is 5.55. The van der Waals surface area contributed by atoms with Crippen molar-refractivity contribution in [1.29, 1.82) is 0 Å². The van der Waals surface area contributed by atoms with Crippen molar-refractivity contribution in [3.8, 4) is 0 Å². The van der Waals surface area contributed by atoms with Crippen molar-refractivity contribution in [2.75, 3.05) is 19.7 Å². The molecule has 1 aromatic rings. The van der Waals surface area contributed by atoms with Crippen LogP contribution in [0.3, 0.4) is 0 Å². The number of nitrogens with one attached hydrogen (secondary N) is 2. The van der Waals surface area contributed by atoms with Crippen LogP contribution in [-0.4, -0.2) is 47.5 Å². The van der Waals surface area contributed by atoms with E-state index in [-0.39, 0.29) is 18.1 Å². The Labute approximate surface area is 119 Å². The summed E-state index contributed by atoms with van der Waals surface area (Å²) in [6, 6.07) is -0.201. The normalized spacial score (nSPS) is 20.0. The zero-order valence-electron chi connectivity index (χ0n) is 12.3. The third kappa shape index (κ3) is 4.61. The fourth-order valence-corrected chi connectivity index (χ4v) is 2.25. The van der Waals surface area contributed by atoms with E-state index in [2.05, 4.69) is 15.7 Å². The average Bonchev–Trinajstić information content (AvgIpc) is 3.07. The zero-order valence-corrected chi connectivity index (χ0v) is 12.3. The Balaban J connectivity index is 1.60. The summed E-state index contributed by atoms with van der Waals surface area (Å²) in [6.45, 7) is 6.80. The Morgan fingerprint density at radius 1 is 1.65 bits per heavy atom. The largest absolute Gasteiger partial charge is 0.376 e. The molecule has 0 bridgehead atoms. The maximum absolute atomic E-state index is 11.9. The first kappa shape index (κ1) is 15.0. The van der Waals surface area contributed by atoms with Crippen molar-refractivity contribution < 1.29 is 9.53 Å². The fraction of sp³-hybridized carbons (Fsp3) is 0.714. The molecule has 2 rings (SSSR count). The van der Waals surface area contributed by atoms with Crippen molar-refractivity contribution in [2.45, 2.75) is 45.4 Å². The van der Waals surface area contributed by atoms with Crippen LogP contribution in [0.5, 0.6) is 0 Å². The highest BCUT2D eigenvalue weighted by Gasteiger charge is 2.18. The average molecular weight is 280 g/mol. The molecular formula is C14H24N4O2. The van der Waals surface area contributed by atoms with E-state index >= 15 is 0 Å². The van der Waals surface area contributed by atoms with Crippen molar-refractivity contribution in [3.05, 3.63) is 18.0 Å². The molecule has 0 aliphatic carbocycles. The summed E-state index contributed by atoms with van der Waals surface area (Å²) in [5, 5.41) is 10.3. The van der Waals surface area contributed by atoms with Gasteiger partial charge in [-0.1, -0.05) is 0 Å². The van der Waals surface area contributed by atoms with Crippen LogP contribution in [0.15, 0.2) is 12.4 Å². The maximum atomic E-state index is 11.9. The second kappa shape index (κ2) is 7.40. The minimum absolute atomic E-state index is 0.0251. The van der Waals surface area contributed by atoms with Gasteiger partial charge in [0, 0.05) is 25.9 Å². The van der Waals surface area contributed by atoms with Crippen LogP contribution in [0.2, 0.25) is 0 Å². The van der Waals surface area contributed by atoms with Crippen LogP contribution < -0.4 is 10.6 Å². The molecule has 6 heteroatoms. The second-order valence-electron chi connectivity index (χ2n) is 5.34. The molecule has 0 spiro atoms. The summed E-state index contributed by atoms with van der Waals surface area (Å²) in [4.78, 5) is 11.9. The fourth-order valence-electron chi connectivity index (χ4n) is 2.25. The van der Waals surface area contributed by atoms with Gasteiger partial charge in [0.1, 0.15) is 0 Å². The molecule has 1 saturated heterocycles. The minimum atomic E-state index is -0.201. The smallest absolute Gasteiger partial charge is 0.236 e. The topological polar surface area (TPSA) is 68.2 Å². The lowest BCUT2D eigenvalue weighted by Crippen LogP contribution is -2.45. The maximum Gasteiger partial charge on any atom is 0.236 e. The molecule has 2 heterocycles. The SMILES string of the molecule is Cc1cnn(CCN[C@@H](C)C(=O)NC[C@@H]2CCCO2)c1. The number of carbonyl (C=O) groups excluding carboxylic acids is 1. The van der Waals surface area contributed by atoms with Gasteiger partial charge in [0.25, 0.3) is 0 Å². The van der Waals surface area contributed by atoms with Crippen molar-refractivity contribution in [3.63, 3.8) is 0 Å². The van der Waals surface area contributed by atoms with Gasteiger partial charge in [-0.2, -0.15) is 5.10 Å². The number of amides is 1. The molecule has 2 N–H and O–H groups in total. The molecule has 112 valence electrons. The predicted octanol–water partition coefficient (Wildman–Crippen LogP) is 0.465. The van der Waals surface area contributed by atoms with E-state index in [0.29, 0.717) is 6.54 Å². The van der Waals surface area contributed by atoms with Crippen LogP contribution >= 0.6 is 0 Å². The highest BCUT2D eigenvalue weighted by atomic mass is 16.5. The van der Waals surface area contributed by atoms with Gasteiger partial charge in [-0.3, -0.25) is 9.48 Å². The van der Waals surface area contributed by atoms with E-state index in [0.717, 1.165) is 38.1 Å². The molecule has 1 aliphatic rings. The monoisotopic (exact) mass is 280 g/mol. The van der Waals surface area contributed by atoms with Crippen LogP contribution in [0.1, 0.15) is 25.3 Å². The zero-order chi connectivity index (χ0) is 14.4. The van der Waals surface area contributed by atoms with Crippen molar-refractivity contribution in [2.24, 2.45) is 0 Å². The standard InChI is InChI=1S/C14H24N4O2/c1-11-8-17-18(10-11)6-5-15-12(2)14(19)16-9-13-4-3-7-20-13/h8,10,12-13,15H,3-7,9H2,1-2H3,(H,16,19)/t12-,13-/m0/s1. The van der Waals surface area contributed by atoms with E-state index in [4.69, 9.17) is 4.74 Å². The van der Waals surface area contributed by atoms with E-state index in [9.17, 15) is 4.79 Å². The molecule has 2 atom stereocenters. The van der Waals surface area contributed by atoms with Crippen LogP contribution in [0.4, 0.5) is 0 Å². The second-order valence-corrected chi connectivity index (χ2v) is 5.34. The number of hydrogen-bond donors (Lipinski definition) is 2. The predicted molar refractivity (Wildman–Crippen MR) is 76.4 cm³/mol. The minimum Gasteiger partial charge on any atom is -0.376 e. The molecule has 1 aromatic heterocycles. The number of nitrogens with zero attached hydrogens (tertiary/aromatic N) is 2. The molecule has 1 fully saturated rings. The molecule has 0 aromatic carbocycles. The Bertz CT molecular complexity index is 427. The van der Waals surface area contributed by atoms with Gasteiger partial charge >= 0.3 is 0 Å². The highest BCUT2D eigenvalue weighted by Crippen LogP contribution is 2.10. The van der Waals surface area contributed by atoms with E-state index in [1.165, 1.54) is 0 Å². The number of ether oxygens (including phenoxy) is 1. The van der Waals surface area contributed by atoms with E-state index in [1.807, 2.05) is 30.9 Å². The highest BCUT2D eigenvalue weighted by molar-refractivity contribution is 5.81. The first-order valence-corrected chi connectivity index (χ1v) is 7.27.